The smallest absolute Gasteiger partial charge is 0.182 e. The summed E-state index contributed by atoms with van der Waals surface area (Å²) >= 11 is 0. The molecule has 2 aromatic carbocycles. The summed E-state index contributed by atoms with van der Waals surface area (Å²) in [5, 5.41) is 9.39. The number of nitrogens with zero attached hydrogens (tertiary/aromatic N) is 2. The number of rotatable bonds is 4. The molecular weight excluding hydrogens is 303 g/mol. The fourth-order valence-electron chi connectivity index (χ4n) is 2.77. The number of carbonyl (C=O) groups is 1. The zero-order valence-electron chi connectivity index (χ0n) is 13.2. The lowest BCUT2D eigenvalue weighted by atomic mass is 10.1. The summed E-state index contributed by atoms with van der Waals surface area (Å²) in [5.74, 6) is -0.503. The van der Waals surface area contributed by atoms with Crippen molar-refractivity contribution in [3.8, 4) is 17.3 Å². The Bertz CT molecular complexity index is 936. The van der Waals surface area contributed by atoms with E-state index in [0.717, 1.165) is 5.69 Å². The fourth-order valence-corrected chi connectivity index (χ4v) is 2.77. The van der Waals surface area contributed by atoms with Crippen LogP contribution in [0.15, 0.2) is 60.7 Å². The molecule has 3 aromatic rings. The van der Waals surface area contributed by atoms with E-state index in [1.54, 1.807) is 53.1 Å². The van der Waals surface area contributed by atoms with Crippen LogP contribution >= 0.6 is 0 Å². The maximum absolute atomic E-state index is 14.2. The van der Waals surface area contributed by atoms with Crippen LogP contribution in [-0.4, -0.2) is 10.4 Å². The van der Waals surface area contributed by atoms with Crippen molar-refractivity contribution in [2.75, 3.05) is 0 Å². The van der Waals surface area contributed by atoms with Gasteiger partial charge >= 0.3 is 0 Å². The summed E-state index contributed by atoms with van der Waals surface area (Å²) in [6.45, 7) is 1.87. The van der Waals surface area contributed by atoms with E-state index in [1.807, 2.05) is 13.0 Å². The zero-order valence-corrected chi connectivity index (χ0v) is 13.2. The number of halogens is 1. The third kappa shape index (κ3) is 2.84. The summed E-state index contributed by atoms with van der Waals surface area (Å²) in [5.41, 5.74) is 2.46. The number of aryl methyl sites for hydroxylation is 1. The minimum absolute atomic E-state index is 0.0567. The molecule has 0 N–H and O–H groups in total. The van der Waals surface area contributed by atoms with Crippen LogP contribution in [0.4, 0.5) is 4.39 Å². The third-order valence-corrected chi connectivity index (χ3v) is 3.95. The highest BCUT2D eigenvalue weighted by Gasteiger charge is 2.19. The third-order valence-electron chi connectivity index (χ3n) is 3.95. The number of ketones is 1. The molecule has 0 radical (unpaired) electrons. The van der Waals surface area contributed by atoms with E-state index in [-0.39, 0.29) is 12.3 Å². The first kappa shape index (κ1) is 15.7. The molecule has 24 heavy (non-hydrogen) atoms. The topological polar surface area (TPSA) is 45.8 Å². The molecule has 0 bridgehead atoms. The number of Topliss-reactive ketones (excluding diaryl/α,β-unsaturated/α-hetero) is 1. The number of hydrogen-bond donors (Lipinski definition) is 0. The quantitative estimate of drug-likeness (QED) is 0.671. The highest BCUT2D eigenvalue weighted by atomic mass is 19.1. The minimum atomic E-state index is -0.416. The molecule has 1 heterocycles. The molecule has 0 spiro atoms. The van der Waals surface area contributed by atoms with Gasteiger partial charge in [0.15, 0.2) is 5.78 Å². The predicted octanol–water partition coefficient (Wildman–Crippen LogP) is 4.36. The van der Waals surface area contributed by atoms with Crippen molar-refractivity contribution in [3.05, 3.63) is 83.3 Å². The van der Waals surface area contributed by atoms with Crippen molar-refractivity contribution >= 4 is 5.78 Å². The zero-order chi connectivity index (χ0) is 17.1. The first-order valence-electron chi connectivity index (χ1n) is 7.55. The molecule has 0 saturated heterocycles. The lowest BCUT2D eigenvalue weighted by molar-refractivity contribution is 0.0972. The van der Waals surface area contributed by atoms with Crippen LogP contribution in [0.25, 0.3) is 11.3 Å². The number of hydrogen-bond acceptors (Lipinski definition) is 2. The lowest BCUT2D eigenvalue weighted by Crippen LogP contribution is -2.13. The summed E-state index contributed by atoms with van der Waals surface area (Å²) in [6.07, 6.45) is 0. The monoisotopic (exact) mass is 318 g/mol. The number of nitriles is 1. The lowest BCUT2D eigenvalue weighted by Gasteiger charge is -2.12. The molecule has 0 unspecified atom stereocenters. The van der Waals surface area contributed by atoms with Crippen LogP contribution in [0, 0.1) is 24.1 Å². The summed E-state index contributed by atoms with van der Waals surface area (Å²) < 4.78 is 15.9. The molecular formula is C20H15FN2O. The van der Waals surface area contributed by atoms with Gasteiger partial charge in [-0.25, -0.2) is 4.39 Å². The van der Waals surface area contributed by atoms with E-state index in [9.17, 15) is 14.4 Å². The van der Waals surface area contributed by atoms with E-state index >= 15 is 0 Å². The highest BCUT2D eigenvalue weighted by molar-refractivity contribution is 5.96. The van der Waals surface area contributed by atoms with E-state index < -0.39 is 5.82 Å². The van der Waals surface area contributed by atoms with Crippen molar-refractivity contribution in [1.82, 2.24) is 4.57 Å². The number of carbonyl (C=O) groups excluding carboxylic acids is 1. The molecule has 0 aliphatic rings. The van der Waals surface area contributed by atoms with Crippen molar-refractivity contribution in [2.45, 2.75) is 13.5 Å². The van der Waals surface area contributed by atoms with Gasteiger partial charge in [0.05, 0.1) is 17.8 Å². The minimum Gasteiger partial charge on any atom is -0.336 e. The Labute approximate surface area is 139 Å². The molecule has 0 fully saturated rings. The number of aromatic nitrogens is 1. The van der Waals surface area contributed by atoms with E-state index in [2.05, 4.69) is 6.07 Å². The van der Waals surface area contributed by atoms with Gasteiger partial charge < -0.3 is 4.57 Å². The summed E-state index contributed by atoms with van der Waals surface area (Å²) in [6, 6.07) is 19.0. The average Bonchev–Trinajstić information content (AvgIpc) is 2.92. The van der Waals surface area contributed by atoms with E-state index in [0.29, 0.717) is 22.4 Å². The van der Waals surface area contributed by atoms with Crippen molar-refractivity contribution in [1.29, 1.82) is 5.26 Å². The fraction of sp³-hybridized carbons (Fsp3) is 0.100. The Morgan fingerprint density at radius 3 is 2.46 bits per heavy atom. The Morgan fingerprint density at radius 2 is 1.79 bits per heavy atom. The SMILES string of the molecule is Cc1cc(C#N)c(-c2ccccc2F)n1CC(=O)c1ccccc1. The van der Waals surface area contributed by atoms with Gasteiger partial charge in [-0.2, -0.15) is 5.26 Å². The van der Waals surface area contributed by atoms with E-state index in [4.69, 9.17) is 0 Å². The van der Waals surface area contributed by atoms with Gasteiger partial charge in [0.2, 0.25) is 0 Å². The van der Waals surface area contributed by atoms with Crippen molar-refractivity contribution < 1.29 is 9.18 Å². The van der Waals surface area contributed by atoms with Crippen LogP contribution in [0.2, 0.25) is 0 Å². The summed E-state index contributed by atoms with van der Waals surface area (Å²) in [4.78, 5) is 12.5. The van der Waals surface area contributed by atoms with Gasteiger partial charge in [-0.05, 0) is 25.1 Å². The van der Waals surface area contributed by atoms with Gasteiger partial charge in [0, 0.05) is 16.8 Å². The van der Waals surface area contributed by atoms with Gasteiger partial charge in [0.1, 0.15) is 11.9 Å². The van der Waals surface area contributed by atoms with Gasteiger partial charge in [-0.15, -0.1) is 0 Å². The number of benzene rings is 2. The maximum Gasteiger partial charge on any atom is 0.182 e. The van der Waals surface area contributed by atoms with Crippen LogP contribution in [0.1, 0.15) is 21.6 Å². The van der Waals surface area contributed by atoms with Gasteiger partial charge in [-0.3, -0.25) is 4.79 Å². The van der Waals surface area contributed by atoms with Crippen LogP contribution in [0.5, 0.6) is 0 Å². The Hall–Kier alpha value is -3.19. The van der Waals surface area contributed by atoms with Gasteiger partial charge in [-0.1, -0.05) is 42.5 Å². The maximum atomic E-state index is 14.2. The van der Waals surface area contributed by atoms with Crippen LogP contribution in [0.3, 0.4) is 0 Å². The van der Waals surface area contributed by atoms with Crippen molar-refractivity contribution in [2.24, 2.45) is 0 Å². The predicted molar refractivity (Wildman–Crippen MR) is 90.1 cm³/mol. The second kappa shape index (κ2) is 6.51. The van der Waals surface area contributed by atoms with Crippen LogP contribution < -0.4 is 0 Å². The molecule has 3 rings (SSSR count). The Kier molecular flexibility index (Phi) is 4.26. The molecule has 118 valence electrons. The molecule has 3 nitrogen and oxygen atoms in total. The standard InChI is InChI=1S/C20H15FN2O/c1-14-11-16(12-22)20(17-9-5-6-10-18(17)21)23(14)13-19(24)15-7-3-2-4-8-15/h2-11H,13H2,1H3. The second-order valence-corrected chi connectivity index (χ2v) is 5.51. The molecule has 0 aliphatic heterocycles. The molecule has 0 atom stereocenters. The molecule has 0 aliphatic carbocycles. The highest BCUT2D eigenvalue weighted by Crippen LogP contribution is 2.29. The summed E-state index contributed by atoms with van der Waals surface area (Å²) in [7, 11) is 0. The normalized spacial score (nSPS) is 10.4. The van der Waals surface area contributed by atoms with Crippen molar-refractivity contribution in [3.63, 3.8) is 0 Å². The largest absolute Gasteiger partial charge is 0.336 e. The Balaban J connectivity index is 2.09. The molecule has 0 amide bonds. The van der Waals surface area contributed by atoms with Gasteiger partial charge in [0.25, 0.3) is 0 Å². The van der Waals surface area contributed by atoms with Crippen LogP contribution in [-0.2, 0) is 6.54 Å². The molecule has 1 aromatic heterocycles. The first-order chi connectivity index (χ1) is 11.6. The average molecular weight is 318 g/mol. The first-order valence-corrected chi connectivity index (χ1v) is 7.55. The second-order valence-electron chi connectivity index (χ2n) is 5.51. The Morgan fingerprint density at radius 1 is 1.12 bits per heavy atom. The molecule has 0 saturated carbocycles. The molecule has 4 heteroatoms. The van der Waals surface area contributed by atoms with E-state index in [1.165, 1.54) is 6.07 Å².